The number of hydrogen-bond acceptors (Lipinski definition) is 4. The SMILES string of the molecule is CC1(C)OB(c2ccc3c(c2)Oc2ccccc2C32c3ccccc3Oc3ccccc32)OC1(C)C. The molecule has 0 aromatic heterocycles. The third kappa shape index (κ3) is 2.78. The van der Waals surface area contributed by atoms with Crippen molar-refractivity contribution in [1.29, 1.82) is 0 Å². The van der Waals surface area contributed by atoms with Gasteiger partial charge in [0.1, 0.15) is 23.0 Å². The molecule has 0 radical (unpaired) electrons. The van der Waals surface area contributed by atoms with Crippen molar-refractivity contribution in [2.45, 2.75) is 44.3 Å². The van der Waals surface area contributed by atoms with E-state index in [1.165, 1.54) is 0 Å². The summed E-state index contributed by atoms with van der Waals surface area (Å²) in [5.74, 6) is 3.35. The van der Waals surface area contributed by atoms with E-state index in [1.54, 1.807) is 0 Å². The molecule has 4 aromatic rings. The highest BCUT2D eigenvalue weighted by atomic mass is 16.7. The van der Waals surface area contributed by atoms with E-state index in [0.29, 0.717) is 0 Å². The molecule has 178 valence electrons. The molecule has 36 heavy (non-hydrogen) atoms. The van der Waals surface area contributed by atoms with Gasteiger partial charge in [-0.05, 0) is 57.4 Å². The minimum absolute atomic E-state index is 0.416. The molecule has 0 aliphatic carbocycles. The molecular weight excluding hydrogens is 447 g/mol. The lowest BCUT2D eigenvalue weighted by Gasteiger charge is -2.44. The van der Waals surface area contributed by atoms with Crippen LogP contribution in [0.3, 0.4) is 0 Å². The molecule has 0 amide bonds. The van der Waals surface area contributed by atoms with Gasteiger partial charge in [0.15, 0.2) is 0 Å². The number of fused-ring (bicyclic) bond motifs is 8. The average Bonchev–Trinajstić information content (AvgIpc) is 3.10. The van der Waals surface area contributed by atoms with Crippen molar-refractivity contribution in [2.24, 2.45) is 0 Å². The Kier molecular flexibility index (Phi) is 4.38. The Bertz CT molecular complexity index is 1440. The zero-order valence-electron chi connectivity index (χ0n) is 20.9. The molecule has 0 N–H and O–H groups in total. The van der Waals surface area contributed by atoms with E-state index in [2.05, 4.69) is 82.3 Å². The fourth-order valence-corrected chi connectivity index (χ4v) is 5.76. The second-order valence-electron chi connectivity index (χ2n) is 10.8. The van der Waals surface area contributed by atoms with Crippen molar-refractivity contribution in [1.82, 2.24) is 0 Å². The first-order chi connectivity index (χ1) is 17.3. The Labute approximate surface area is 211 Å². The summed E-state index contributed by atoms with van der Waals surface area (Å²) >= 11 is 0. The highest BCUT2D eigenvalue weighted by Gasteiger charge is 2.53. The van der Waals surface area contributed by atoms with Gasteiger partial charge in [-0.25, -0.2) is 0 Å². The van der Waals surface area contributed by atoms with Crippen LogP contribution in [0.2, 0.25) is 0 Å². The third-order valence-electron chi connectivity index (χ3n) is 8.25. The first-order valence-corrected chi connectivity index (χ1v) is 12.5. The van der Waals surface area contributed by atoms with Crippen molar-refractivity contribution in [3.63, 3.8) is 0 Å². The van der Waals surface area contributed by atoms with E-state index in [-0.39, 0.29) is 0 Å². The van der Waals surface area contributed by atoms with Gasteiger partial charge < -0.3 is 18.8 Å². The van der Waals surface area contributed by atoms with Crippen LogP contribution in [0.25, 0.3) is 0 Å². The molecule has 1 spiro atoms. The lowest BCUT2D eigenvalue weighted by molar-refractivity contribution is 0.00578. The van der Waals surface area contributed by atoms with E-state index in [1.807, 2.05) is 36.4 Å². The second-order valence-corrected chi connectivity index (χ2v) is 10.8. The Morgan fingerprint density at radius 2 is 0.917 bits per heavy atom. The lowest BCUT2D eigenvalue weighted by Crippen LogP contribution is -2.41. The lowest BCUT2D eigenvalue weighted by atomic mass is 9.61. The van der Waals surface area contributed by atoms with Crippen LogP contribution in [0.4, 0.5) is 0 Å². The van der Waals surface area contributed by atoms with Crippen LogP contribution in [-0.2, 0) is 14.7 Å². The second kappa shape index (κ2) is 7.25. The van der Waals surface area contributed by atoms with Gasteiger partial charge in [0.25, 0.3) is 0 Å². The normalized spacial score (nSPS) is 19.4. The fraction of sp³-hybridized carbons (Fsp3) is 0.226. The zero-order valence-corrected chi connectivity index (χ0v) is 20.9. The van der Waals surface area contributed by atoms with Crippen molar-refractivity contribution in [3.8, 4) is 23.0 Å². The summed E-state index contributed by atoms with van der Waals surface area (Å²) in [6, 6.07) is 31.3. The van der Waals surface area contributed by atoms with Crippen LogP contribution in [-0.4, -0.2) is 18.3 Å². The fourth-order valence-electron chi connectivity index (χ4n) is 5.76. The number of hydrogen-bond donors (Lipinski definition) is 0. The van der Waals surface area contributed by atoms with Crippen molar-refractivity contribution in [3.05, 3.63) is 113 Å². The van der Waals surface area contributed by atoms with Gasteiger partial charge in [-0.1, -0.05) is 66.7 Å². The van der Waals surface area contributed by atoms with Crippen molar-refractivity contribution < 1.29 is 18.8 Å². The first-order valence-electron chi connectivity index (χ1n) is 12.5. The molecule has 0 saturated carbocycles. The highest BCUT2D eigenvalue weighted by Crippen LogP contribution is 2.61. The molecule has 7 rings (SSSR count). The molecule has 1 fully saturated rings. The van der Waals surface area contributed by atoms with Crippen molar-refractivity contribution >= 4 is 12.6 Å². The molecule has 4 nitrogen and oxygen atoms in total. The Balaban J connectivity index is 1.50. The molecule has 3 aliphatic rings. The van der Waals surface area contributed by atoms with Gasteiger partial charge in [-0.15, -0.1) is 0 Å². The summed E-state index contributed by atoms with van der Waals surface area (Å²) in [6.45, 7) is 8.29. The maximum absolute atomic E-state index is 6.59. The minimum atomic E-state index is -0.579. The molecule has 0 bridgehead atoms. The topological polar surface area (TPSA) is 36.9 Å². The van der Waals surface area contributed by atoms with Gasteiger partial charge >= 0.3 is 7.12 Å². The molecule has 4 aromatic carbocycles. The number of ether oxygens (including phenoxy) is 2. The average molecular weight is 474 g/mol. The maximum atomic E-state index is 6.59. The van der Waals surface area contributed by atoms with Crippen LogP contribution < -0.4 is 14.9 Å². The van der Waals surface area contributed by atoms with Crippen LogP contribution in [0.1, 0.15) is 49.9 Å². The predicted octanol–water partition coefficient (Wildman–Crippen LogP) is 6.58. The van der Waals surface area contributed by atoms with E-state index >= 15 is 0 Å². The molecule has 3 aliphatic heterocycles. The summed E-state index contributed by atoms with van der Waals surface area (Å²) in [4.78, 5) is 0. The predicted molar refractivity (Wildman–Crippen MR) is 141 cm³/mol. The van der Waals surface area contributed by atoms with Gasteiger partial charge in [0, 0.05) is 22.3 Å². The molecule has 0 atom stereocenters. The number of benzene rings is 4. The van der Waals surface area contributed by atoms with Gasteiger partial charge in [-0.3, -0.25) is 0 Å². The summed E-state index contributed by atoms with van der Waals surface area (Å²) in [7, 11) is -0.466. The van der Waals surface area contributed by atoms with E-state index in [4.69, 9.17) is 18.8 Å². The van der Waals surface area contributed by atoms with Crippen LogP contribution >= 0.6 is 0 Å². The Hall–Kier alpha value is -3.54. The maximum Gasteiger partial charge on any atom is 0.494 e. The van der Waals surface area contributed by atoms with Gasteiger partial charge in [0.2, 0.25) is 0 Å². The monoisotopic (exact) mass is 474 g/mol. The van der Waals surface area contributed by atoms with Crippen LogP contribution in [0, 0.1) is 0 Å². The summed E-state index contributed by atoms with van der Waals surface area (Å²) in [5.41, 5.74) is 3.91. The Morgan fingerprint density at radius 1 is 0.500 bits per heavy atom. The van der Waals surface area contributed by atoms with E-state index in [0.717, 1.165) is 50.7 Å². The summed E-state index contributed by atoms with van der Waals surface area (Å²) < 4.78 is 25.7. The molecule has 0 unspecified atom stereocenters. The largest absolute Gasteiger partial charge is 0.494 e. The third-order valence-corrected chi connectivity index (χ3v) is 8.25. The Morgan fingerprint density at radius 3 is 1.42 bits per heavy atom. The van der Waals surface area contributed by atoms with Crippen molar-refractivity contribution in [2.75, 3.05) is 0 Å². The zero-order chi connectivity index (χ0) is 24.7. The van der Waals surface area contributed by atoms with Crippen LogP contribution in [0.15, 0.2) is 91.0 Å². The van der Waals surface area contributed by atoms with Gasteiger partial charge in [-0.2, -0.15) is 0 Å². The standard InChI is InChI=1S/C31H27BO4/c1-29(2)30(3,4)36-32(35-29)20-17-18-24-28(19-20)34-27-16-10-7-13-23(27)31(24)21-11-5-8-14-25(21)33-26-15-9-6-12-22(26)31/h5-19H,1-4H3. The highest BCUT2D eigenvalue weighted by molar-refractivity contribution is 6.62. The molecule has 1 saturated heterocycles. The number of rotatable bonds is 1. The smallest absolute Gasteiger partial charge is 0.457 e. The van der Waals surface area contributed by atoms with Crippen LogP contribution in [0.5, 0.6) is 23.0 Å². The summed E-state index contributed by atoms with van der Waals surface area (Å²) in [5, 5.41) is 0. The van der Waals surface area contributed by atoms with E-state index in [9.17, 15) is 0 Å². The molecule has 3 heterocycles. The van der Waals surface area contributed by atoms with Gasteiger partial charge in [0.05, 0.1) is 16.6 Å². The summed E-state index contributed by atoms with van der Waals surface area (Å²) in [6.07, 6.45) is 0. The number of para-hydroxylation sites is 3. The first kappa shape index (κ1) is 21.7. The quantitative estimate of drug-likeness (QED) is 0.252. The molecular formula is C31H27BO4. The minimum Gasteiger partial charge on any atom is -0.457 e. The van der Waals surface area contributed by atoms with E-state index < -0.39 is 23.7 Å². The molecule has 5 heteroatoms.